The van der Waals surface area contributed by atoms with Gasteiger partial charge in [0, 0.05) is 17.5 Å². The van der Waals surface area contributed by atoms with Gasteiger partial charge in [0.05, 0.1) is 12.2 Å². The summed E-state index contributed by atoms with van der Waals surface area (Å²) in [5.41, 5.74) is 1.05. The molecule has 0 aliphatic heterocycles. The van der Waals surface area contributed by atoms with Gasteiger partial charge in [-0.1, -0.05) is 6.92 Å². The quantitative estimate of drug-likeness (QED) is 0.674. The average Bonchev–Trinajstić information content (AvgIpc) is 3.26. The van der Waals surface area contributed by atoms with Crippen LogP contribution in [0.5, 0.6) is 5.75 Å². The summed E-state index contributed by atoms with van der Waals surface area (Å²) in [6.07, 6.45) is 0.627. The second-order valence-electron chi connectivity index (χ2n) is 5.07. The van der Waals surface area contributed by atoms with Gasteiger partial charge in [0.15, 0.2) is 0 Å². The second kappa shape index (κ2) is 7.24. The zero-order valence-corrected chi connectivity index (χ0v) is 15.4. The van der Waals surface area contributed by atoms with Crippen molar-refractivity contribution in [2.24, 2.45) is 0 Å². The fraction of sp³-hybridized carbons (Fsp3) is 0.250. The normalized spacial score (nSPS) is 11.4. The van der Waals surface area contributed by atoms with E-state index in [4.69, 9.17) is 9.15 Å². The lowest BCUT2D eigenvalue weighted by atomic mass is 10.3. The van der Waals surface area contributed by atoms with Gasteiger partial charge in [-0.05, 0) is 37.3 Å². The summed E-state index contributed by atoms with van der Waals surface area (Å²) in [6.45, 7) is 4.35. The molecular formula is C16H17N3O4S2. The van der Waals surface area contributed by atoms with Gasteiger partial charge in [-0.2, -0.15) is 0 Å². The molecule has 9 heteroatoms. The molecule has 0 saturated heterocycles. The van der Waals surface area contributed by atoms with E-state index in [-0.39, 0.29) is 4.21 Å². The number of nitrogens with one attached hydrogen (secondary N) is 1. The Labute approximate surface area is 149 Å². The first-order valence-corrected chi connectivity index (χ1v) is 10.0. The summed E-state index contributed by atoms with van der Waals surface area (Å²) in [5.74, 6) is 1.51. The lowest BCUT2D eigenvalue weighted by molar-refractivity contribution is 0.340. The number of hydrogen-bond acceptors (Lipinski definition) is 7. The Morgan fingerprint density at radius 3 is 2.60 bits per heavy atom. The van der Waals surface area contributed by atoms with Gasteiger partial charge in [-0.25, -0.2) is 8.42 Å². The zero-order chi connectivity index (χ0) is 17.9. The predicted molar refractivity (Wildman–Crippen MR) is 95.4 cm³/mol. The molecule has 0 unspecified atom stereocenters. The van der Waals surface area contributed by atoms with Crippen molar-refractivity contribution in [2.75, 3.05) is 11.3 Å². The van der Waals surface area contributed by atoms with Crippen LogP contribution in [0.3, 0.4) is 0 Å². The number of nitrogens with zero attached hydrogens (tertiary/aromatic N) is 2. The molecule has 0 radical (unpaired) electrons. The average molecular weight is 379 g/mol. The van der Waals surface area contributed by atoms with Gasteiger partial charge in [0.2, 0.25) is 11.8 Å². The van der Waals surface area contributed by atoms with Crippen LogP contribution >= 0.6 is 11.3 Å². The van der Waals surface area contributed by atoms with Crippen LogP contribution in [0.15, 0.2) is 44.3 Å². The maximum atomic E-state index is 12.5. The molecule has 1 N–H and O–H groups in total. The van der Waals surface area contributed by atoms with E-state index in [1.807, 2.05) is 13.8 Å². The van der Waals surface area contributed by atoms with Gasteiger partial charge in [0.1, 0.15) is 9.96 Å². The summed E-state index contributed by atoms with van der Waals surface area (Å²) >= 11 is 1.10. The highest BCUT2D eigenvalue weighted by atomic mass is 32.2. The number of hydrogen-bond donors (Lipinski definition) is 1. The van der Waals surface area contributed by atoms with E-state index < -0.39 is 10.0 Å². The second-order valence-corrected chi connectivity index (χ2v) is 7.89. The minimum absolute atomic E-state index is 0.174. The van der Waals surface area contributed by atoms with Crippen LogP contribution in [0, 0.1) is 0 Å². The third-order valence-electron chi connectivity index (χ3n) is 3.27. The van der Waals surface area contributed by atoms with Gasteiger partial charge in [0.25, 0.3) is 10.0 Å². The smallest absolute Gasteiger partial charge is 0.271 e. The molecule has 3 aromatic rings. The predicted octanol–water partition coefficient (Wildman–Crippen LogP) is 3.56. The monoisotopic (exact) mass is 379 g/mol. The summed E-state index contributed by atoms with van der Waals surface area (Å²) in [6, 6.07) is 8.26. The number of sulfonamides is 1. The van der Waals surface area contributed by atoms with Crippen molar-refractivity contribution in [2.45, 2.75) is 24.5 Å². The van der Waals surface area contributed by atoms with Gasteiger partial charge in [-0.3, -0.25) is 4.72 Å². The van der Waals surface area contributed by atoms with Crippen molar-refractivity contribution in [1.82, 2.24) is 10.2 Å². The van der Waals surface area contributed by atoms with Crippen LogP contribution in [0.25, 0.3) is 11.5 Å². The summed E-state index contributed by atoms with van der Waals surface area (Å²) in [7, 11) is -3.69. The Hall–Kier alpha value is -2.39. The summed E-state index contributed by atoms with van der Waals surface area (Å²) in [4.78, 5) is 0. The van der Waals surface area contributed by atoms with Crippen LogP contribution in [0.1, 0.15) is 19.7 Å². The summed E-state index contributed by atoms with van der Waals surface area (Å²) in [5, 5.41) is 9.49. The molecule has 0 spiro atoms. The molecule has 3 rings (SSSR count). The first-order valence-electron chi connectivity index (χ1n) is 7.68. The number of thiophene rings is 1. The van der Waals surface area contributed by atoms with Gasteiger partial charge >= 0.3 is 0 Å². The van der Waals surface area contributed by atoms with Crippen molar-refractivity contribution < 1.29 is 17.6 Å². The molecule has 1 aromatic carbocycles. The number of rotatable bonds is 7. The fourth-order valence-corrected chi connectivity index (χ4v) is 4.29. The lowest BCUT2D eigenvalue weighted by Gasteiger charge is -2.07. The molecule has 0 amide bonds. The maximum Gasteiger partial charge on any atom is 0.271 e. The molecule has 2 heterocycles. The molecule has 0 aliphatic carbocycles. The molecule has 132 valence electrons. The minimum atomic E-state index is -3.69. The maximum absolute atomic E-state index is 12.5. The van der Waals surface area contributed by atoms with Crippen molar-refractivity contribution in [1.29, 1.82) is 0 Å². The summed E-state index contributed by atoms with van der Waals surface area (Å²) < 4.78 is 38.6. The van der Waals surface area contributed by atoms with Gasteiger partial charge in [-0.15, -0.1) is 21.5 Å². The van der Waals surface area contributed by atoms with Crippen molar-refractivity contribution in [3.8, 4) is 17.2 Å². The van der Waals surface area contributed by atoms with Crippen LogP contribution in [0.4, 0.5) is 5.69 Å². The Morgan fingerprint density at radius 2 is 1.96 bits per heavy atom. The number of anilines is 1. The molecule has 2 aromatic heterocycles. The van der Waals surface area contributed by atoms with Crippen molar-refractivity contribution >= 4 is 27.0 Å². The molecule has 25 heavy (non-hydrogen) atoms. The standard InChI is InChI=1S/C16H17N3O4S2/c1-3-14-17-18-16(23-14)11-9-15(24-10-11)25(20,21)19-12-5-7-13(8-6-12)22-4-2/h5-10,19H,3-4H2,1-2H3. The first-order chi connectivity index (χ1) is 12.0. The van der Waals surface area contributed by atoms with E-state index in [2.05, 4.69) is 14.9 Å². The van der Waals surface area contributed by atoms with E-state index >= 15 is 0 Å². The number of aromatic nitrogens is 2. The molecule has 0 fully saturated rings. The van der Waals surface area contributed by atoms with Crippen molar-refractivity contribution in [3.63, 3.8) is 0 Å². The van der Waals surface area contributed by atoms with Crippen LogP contribution in [0.2, 0.25) is 0 Å². The number of ether oxygens (including phenoxy) is 1. The number of aryl methyl sites for hydroxylation is 1. The van der Waals surface area contributed by atoms with Crippen LogP contribution < -0.4 is 9.46 Å². The van der Waals surface area contributed by atoms with E-state index in [9.17, 15) is 8.42 Å². The molecule has 0 saturated carbocycles. The topological polar surface area (TPSA) is 94.3 Å². The molecule has 0 bridgehead atoms. The highest BCUT2D eigenvalue weighted by molar-refractivity contribution is 7.94. The van der Waals surface area contributed by atoms with E-state index in [1.165, 1.54) is 6.07 Å². The third kappa shape index (κ3) is 3.99. The third-order valence-corrected chi connectivity index (χ3v) is 6.09. The lowest BCUT2D eigenvalue weighted by Crippen LogP contribution is -2.11. The molecule has 0 aliphatic rings. The number of benzene rings is 1. The van der Waals surface area contributed by atoms with Crippen LogP contribution in [-0.4, -0.2) is 25.2 Å². The highest BCUT2D eigenvalue weighted by Gasteiger charge is 2.19. The minimum Gasteiger partial charge on any atom is -0.494 e. The Bertz CT molecular complexity index is 946. The Kier molecular flexibility index (Phi) is 5.05. The van der Waals surface area contributed by atoms with Crippen molar-refractivity contribution in [3.05, 3.63) is 41.6 Å². The Balaban J connectivity index is 1.78. The molecule has 7 nitrogen and oxygen atoms in total. The van der Waals surface area contributed by atoms with Crippen LogP contribution in [-0.2, 0) is 16.4 Å². The zero-order valence-electron chi connectivity index (χ0n) is 13.7. The van der Waals surface area contributed by atoms with E-state index in [1.54, 1.807) is 29.6 Å². The molecular weight excluding hydrogens is 362 g/mol. The van der Waals surface area contributed by atoms with E-state index in [0.717, 1.165) is 11.3 Å². The first kappa shape index (κ1) is 17.4. The van der Waals surface area contributed by atoms with Gasteiger partial charge < -0.3 is 9.15 Å². The largest absolute Gasteiger partial charge is 0.494 e. The Morgan fingerprint density at radius 1 is 1.20 bits per heavy atom. The fourth-order valence-electron chi connectivity index (χ4n) is 2.07. The SMILES string of the molecule is CCOc1ccc(NS(=O)(=O)c2cc(-c3nnc(CC)o3)cs2)cc1. The highest BCUT2D eigenvalue weighted by Crippen LogP contribution is 2.29. The molecule has 0 atom stereocenters. The van der Waals surface area contributed by atoms with E-state index in [0.29, 0.717) is 41.8 Å².